The summed E-state index contributed by atoms with van der Waals surface area (Å²) in [5, 5.41) is 53.1. The molecule has 7 heteroatoms. The third-order valence-electron chi connectivity index (χ3n) is 1.79. The first kappa shape index (κ1) is 14.7. The van der Waals surface area contributed by atoms with Gasteiger partial charge in [0.05, 0.1) is 26.4 Å². The molecule has 0 rings (SSSR count). The third kappa shape index (κ3) is 6.00. The van der Waals surface area contributed by atoms with Gasteiger partial charge in [0.2, 0.25) is 0 Å². The molecule has 0 bridgehead atoms. The first-order valence-electron chi connectivity index (χ1n) is 4.54. The minimum Gasteiger partial charge on any atom is -0.394 e. The standard InChI is InChI=1S/C8H18O7/c9-1-5(11)3-15-4-7(13)8(14)6(12)2-10/h5-14H,1-4H2/t5?,6-,7+,8+/m1/s1. The second-order valence-electron chi connectivity index (χ2n) is 3.18. The molecule has 0 saturated carbocycles. The molecule has 0 aromatic carbocycles. The van der Waals surface area contributed by atoms with Crippen molar-refractivity contribution < 1.29 is 35.4 Å². The highest BCUT2D eigenvalue weighted by Crippen LogP contribution is 2.00. The number of rotatable bonds is 8. The molecule has 0 spiro atoms. The Balaban J connectivity index is 3.68. The maximum Gasteiger partial charge on any atom is 0.110 e. The van der Waals surface area contributed by atoms with E-state index in [1.807, 2.05) is 0 Å². The Morgan fingerprint density at radius 2 is 1.40 bits per heavy atom. The summed E-state index contributed by atoms with van der Waals surface area (Å²) in [5.74, 6) is 0. The van der Waals surface area contributed by atoms with Gasteiger partial charge < -0.3 is 35.4 Å². The highest BCUT2D eigenvalue weighted by Gasteiger charge is 2.24. The molecule has 4 atom stereocenters. The summed E-state index contributed by atoms with van der Waals surface area (Å²) in [6.07, 6.45) is -5.36. The minimum absolute atomic E-state index is 0.185. The number of ether oxygens (including phenoxy) is 1. The number of hydrogen-bond donors (Lipinski definition) is 6. The van der Waals surface area contributed by atoms with Gasteiger partial charge in [-0.1, -0.05) is 0 Å². The molecule has 0 aliphatic rings. The van der Waals surface area contributed by atoms with E-state index >= 15 is 0 Å². The largest absolute Gasteiger partial charge is 0.394 e. The fourth-order valence-corrected chi connectivity index (χ4v) is 0.841. The van der Waals surface area contributed by atoms with E-state index < -0.39 is 37.6 Å². The first-order chi connectivity index (χ1) is 7.02. The molecule has 0 aliphatic carbocycles. The van der Waals surface area contributed by atoms with Crippen molar-refractivity contribution in [3.63, 3.8) is 0 Å². The zero-order chi connectivity index (χ0) is 11.8. The lowest BCUT2D eigenvalue weighted by Crippen LogP contribution is -2.42. The maximum atomic E-state index is 9.21. The molecule has 92 valence electrons. The molecule has 0 saturated heterocycles. The SMILES string of the molecule is OCC(O)COC[C@H](O)[C@@H](O)[C@H](O)CO. The molecule has 15 heavy (non-hydrogen) atoms. The van der Waals surface area contributed by atoms with Gasteiger partial charge >= 0.3 is 0 Å². The smallest absolute Gasteiger partial charge is 0.110 e. The molecule has 7 nitrogen and oxygen atoms in total. The van der Waals surface area contributed by atoms with E-state index in [0.29, 0.717) is 0 Å². The van der Waals surface area contributed by atoms with Crippen molar-refractivity contribution >= 4 is 0 Å². The van der Waals surface area contributed by atoms with Gasteiger partial charge in [0, 0.05) is 0 Å². The summed E-state index contributed by atoms with van der Waals surface area (Å²) in [4.78, 5) is 0. The van der Waals surface area contributed by atoms with Crippen LogP contribution in [-0.4, -0.2) is 81.5 Å². The van der Waals surface area contributed by atoms with Crippen molar-refractivity contribution in [1.82, 2.24) is 0 Å². The monoisotopic (exact) mass is 226 g/mol. The number of hydrogen-bond acceptors (Lipinski definition) is 7. The fourth-order valence-electron chi connectivity index (χ4n) is 0.841. The average molecular weight is 226 g/mol. The van der Waals surface area contributed by atoms with Crippen LogP contribution in [0.5, 0.6) is 0 Å². The Kier molecular flexibility index (Phi) is 7.79. The van der Waals surface area contributed by atoms with Gasteiger partial charge in [-0.3, -0.25) is 0 Å². The molecule has 0 aromatic heterocycles. The van der Waals surface area contributed by atoms with Crippen LogP contribution in [0.15, 0.2) is 0 Å². The third-order valence-corrected chi connectivity index (χ3v) is 1.79. The summed E-state index contributed by atoms with van der Waals surface area (Å²) in [6, 6.07) is 0. The van der Waals surface area contributed by atoms with Gasteiger partial charge in [0.1, 0.15) is 24.4 Å². The lowest BCUT2D eigenvalue weighted by Gasteiger charge is -2.21. The van der Waals surface area contributed by atoms with E-state index in [9.17, 15) is 5.11 Å². The molecule has 0 aromatic rings. The molecular weight excluding hydrogens is 208 g/mol. The molecule has 0 aliphatic heterocycles. The number of aliphatic hydroxyl groups excluding tert-OH is 6. The Labute approximate surface area is 87.2 Å². The van der Waals surface area contributed by atoms with Gasteiger partial charge in [0.25, 0.3) is 0 Å². The van der Waals surface area contributed by atoms with Crippen molar-refractivity contribution in [3.05, 3.63) is 0 Å². The van der Waals surface area contributed by atoms with E-state index in [0.717, 1.165) is 0 Å². The van der Waals surface area contributed by atoms with E-state index in [4.69, 9.17) is 30.3 Å². The summed E-state index contributed by atoms with van der Waals surface area (Å²) < 4.78 is 4.75. The molecule has 0 fully saturated rings. The van der Waals surface area contributed by atoms with Crippen LogP contribution in [-0.2, 0) is 4.74 Å². The fraction of sp³-hybridized carbons (Fsp3) is 1.00. The van der Waals surface area contributed by atoms with Crippen LogP contribution in [0.2, 0.25) is 0 Å². The van der Waals surface area contributed by atoms with E-state index in [-0.39, 0.29) is 13.2 Å². The summed E-state index contributed by atoms with van der Waals surface area (Å²) >= 11 is 0. The van der Waals surface area contributed by atoms with Crippen LogP contribution in [0.25, 0.3) is 0 Å². The molecular formula is C8H18O7. The van der Waals surface area contributed by atoms with Gasteiger partial charge in [-0.15, -0.1) is 0 Å². The predicted octanol–water partition coefficient (Wildman–Crippen LogP) is -3.57. The van der Waals surface area contributed by atoms with Crippen molar-refractivity contribution in [3.8, 4) is 0 Å². The Hall–Kier alpha value is -0.280. The lowest BCUT2D eigenvalue weighted by atomic mass is 10.1. The highest BCUT2D eigenvalue weighted by atomic mass is 16.5. The Morgan fingerprint density at radius 1 is 0.800 bits per heavy atom. The molecule has 0 amide bonds. The first-order valence-corrected chi connectivity index (χ1v) is 4.54. The zero-order valence-electron chi connectivity index (χ0n) is 8.23. The second kappa shape index (κ2) is 7.94. The summed E-state index contributed by atoms with van der Waals surface area (Å²) in [7, 11) is 0. The van der Waals surface area contributed by atoms with Crippen LogP contribution < -0.4 is 0 Å². The molecule has 0 heterocycles. The zero-order valence-corrected chi connectivity index (χ0v) is 8.23. The van der Waals surface area contributed by atoms with Gasteiger partial charge in [-0.25, -0.2) is 0 Å². The summed E-state index contributed by atoms with van der Waals surface area (Å²) in [6.45, 7) is -1.62. The van der Waals surface area contributed by atoms with Gasteiger partial charge in [-0.2, -0.15) is 0 Å². The number of aliphatic hydroxyl groups is 6. The van der Waals surface area contributed by atoms with Crippen LogP contribution in [0.4, 0.5) is 0 Å². The second-order valence-corrected chi connectivity index (χ2v) is 3.18. The van der Waals surface area contributed by atoms with Crippen molar-refractivity contribution in [2.24, 2.45) is 0 Å². The topological polar surface area (TPSA) is 131 Å². The highest BCUT2D eigenvalue weighted by molar-refractivity contribution is 4.74. The lowest BCUT2D eigenvalue weighted by molar-refractivity contribution is -0.107. The molecule has 6 N–H and O–H groups in total. The minimum atomic E-state index is -1.51. The Bertz CT molecular complexity index is 154. The predicted molar refractivity (Wildman–Crippen MR) is 49.0 cm³/mol. The normalized spacial score (nSPS) is 19.6. The van der Waals surface area contributed by atoms with Gasteiger partial charge in [-0.05, 0) is 0 Å². The summed E-state index contributed by atoms with van der Waals surface area (Å²) in [5.41, 5.74) is 0. The Morgan fingerprint density at radius 3 is 1.87 bits per heavy atom. The quantitative estimate of drug-likeness (QED) is 0.252. The average Bonchev–Trinajstić information content (AvgIpc) is 2.26. The molecule has 0 radical (unpaired) electrons. The van der Waals surface area contributed by atoms with E-state index in [1.165, 1.54) is 0 Å². The van der Waals surface area contributed by atoms with Crippen molar-refractivity contribution in [1.29, 1.82) is 0 Å². The van der Waals surface area contributed by atoms with Crippen molar-refractivity contribution in [2.75, 3.05) is 26.4 Å². The van der Waals surface area contributed by atoms with E-state index in [1.54, 1.807) is 0 Å². The maximum absolute atomic E-state index is 9.21. The van der Waals surface area contributed by atoms with Gasteiger partial charge in [0.15, 0.2) is 0 Å². The van der Waals surface area contributed by atoms with E-state index in [2.05, 4.69) is 0 Å². The van der Waals surface area contributed by atoms with Crippen molar-refractivity contribution in [2.45, 2.75) is 24.4 Å². The van der Waals surface area contributed by atoms with Crippen LogP contribution in [0.1, 0.15) is 0 Å². The molecule has 1 unspecified atom stereocenters. The van der Waals surface area contributed by atoms with Crippen LogP contribution in [0.3, 0.4) is 0 Å². The van der Waals surface area contributed by atoms with Crippen LogP contribution >= 0.6 is 0 Å². The van der Waals surface area contributed by atoms with Crippen LogP contribution in [0, 0.1) is 0 Å².